The molecular formula is C20H36IN5O2. The van der Waals surface area contributed by atoms with Crippen molar-refractivity contribution in [2.45, 2.75) is 46.2 Å². The zero-order valence-electron chi connectivity index (χ0n) is 17.7. The van der Waals surface area contributed by atoms with Gasteiger partial charge in [0.25, 0.3) is 0 Å². The Morgan fingerprint density at radius 3 is 2.71 bits per heavy atom. The van der Waals surface area contributed by atoms with Gasteiger partial charge in [-0.05, 0) is 33.3 Å². The minimum Gasteiger partial charge on any atom is -0.477 e. The van der Waals surface area contributed by atoms with Gasteiger partial charge in [0, 0.05) is 43.5 Å². The molecule has 0 aromatic carbocycles. The Labute approximate surface area is 186 Å². The fourth-order valence-corrected chi connectivity index (χ4v) is 2.96. The van der Waals surface area contributed by atoms with E-state index in [4.69, 9.17) is 14.5 Å². The Hall–Kier alpha value is -1.13. The number of guanidine groups is 1. The first-order chi connectivity index (χ1) is 13.1. The van der Waals surface area contributed by atoms with E-state index < -0.39 is 0 Å². The molecule has 0 saturated carbocycles. The molecule has 0 radical (unpaired) electrons. The molecule has 7 nitrogen and oxygen atoms in total. The van der Waals surface area contributed by atoms with Gasteiger partial charge in [-0.2, -0.15) is 0 Å². The van der Waals surface area contributed by atoms with Crippen LogP contribution in [0, 0.1) is 0 Å². The van der Waals surface area contributed by atoms with Gasteiger partial charge in [0.05, 0.1) is 26.4 Å². The van der Waals surface area contributed by atoms with Crippen LogP contribution < -0.4 is 15.4 Å². The minimum atomic E-state index is 0. The second kappa shape index (κ2) is 13.2. The lowest BCUT2D eigenvalue weighted by atomic mass is 10.0. The summed E-state index contributed by atoms with van der Waals surface area (Å²) in [6, 6.07) is 3.94. The third-order valence-corrected chi connectivity index (χ3v) is 4.60. The Kier molecular flexibility index (Phi) is 11.7. The van der Waals surface area contributed by atoms with Crippen LogP contribution in [-0.4, -0.2) is 67.4 Å². The molecule has 8 heteroatoms. The van der Waals surface area contributed by atoms with Crippen molar-refractivity contribution in [3.63, 3.8) is 0 Å². The van der Waals surface area contributed by atoms with Crippen LogP contribution in [0.3, 0.4) is 0 Å². The molecule has 2 heterocycles. The number of morpholine rings is 1. The molecule has 0 unspecified atom stereocenters. The molecule has 0 amide bonds. The Balaban J connectivity index is 0.00000392. The van der Waals surface area contributed by atoms with Gasteiger partial charge in [-0.3, -0.25) is 4.90 Å². The van der Waals surface area contributed by atoms with E-state index in [-0.39, 0.29) is 29.5 Å². The van der Waals surface area contributed by atoms with Gasteiger partial charge in [-0.15, -0.1) is 24.0 Å². The summed E-state index contributed by atoms with van der Waals surface area (Å²) in [6.07, 6.45) is 2.71. The highest BCUT2D eigenvalue weighted by Crippen LogP contribution is 2.16. The highest BCUT2D eigenvalue weighted by atomic mass is 127. The number of rotatable bonds is 9. The van der Waals surface area contributed by atoms with E-state index in [1.165, 1.54) is 0 Å². The van der Waals surface area contributed by atoms with Crippen LogP contribution in [0.15, 0.2) is 23.3 Å². The van der Waals surface area contributed by atoms with Crippen molar-refractivity contribution in [2.24, 2.45) is 4.99 Å². The Morgan fingerprint density at radius 2 is 2.04 bits per heavy atom. The zero-order valence-corrected chi connectivity index (χ0v) is 20.0. The second-order valence-corrected chi connectivity index (χ2v) is 7.28. The summed E-state index contributed by atoms with van der Waals surface area (Å²) in [7, 11) is 0. The molecule has 1 aliphatic rings. The molecule has 160 valence electrons. The first-order valence-corrected chi connectivity index (χ1v) is 9.98. The molecule has 0 spiro atoms. The number of hydrogen-bond acceptors (Lipinski definition) is 5. The molecule has 1 saturated heterocycles. The molecule has 2 N–H and O–H groups in total. The molecule has 1 aromatic heterocycles. The normalized spacial score (nSPS) is 15.6. The number of aromatic nitrogens is 1. The lowest BCUT2D eigenvalue weighted by molar-refractivity contribution is -0.00834. The van der Waals surface area contributed by atoms with Crippen molar-refractivity contribution in [3.8, 4) is 5.88 Å². The van der Waals surface area contributed by atoms with Gasteiger partial charge in [0.1, 0.15) is 0 Å². The van der Waals surface area contributed by atoms with Crippen molar-refractivity contribution in [2.75, 3.05) is 46.0 Å². The predicted molar refractivity (Wildman–Crippen MR) is 125 cm³/mol. The van der Waals surface area contributed by atoms with Crippen molar-refractivity contribution >= 4 is 29.9 Å². The fraction of sp³-hybridized carbons (Fsp3) is 0.700. The zero-order chi connectivity index (χ0) is 19.5. The molecule has 0 atom stereocenters. The Morgan fingerprint density at radius 1 is 1.29 bits per heavy atom. The van der Waals surface area contributed by atoms with E-state index in [0.717, 1.165) is 57.3 Å². The average molecular weight is 505 g/mol. The molecule has 1 aliphatic heterocycles. The van der Waals surface area contributed by atoms with Crippen molar-refractivity contribution in [1.82, 2.24) is 20.5 Å². The third kappa shape index (κ3) is 8.08. The van der Waals surface area contributed by atoms with Crippen LogP contribution in [0.5, 0.6) is 5.88 Å². The molecular weight excluding hydrogens is 469 g/mol. The molecule has 2 rings (SSSR count). The van der Waals surface area contributed by atoms with Gasteiger partial charge in [-0.25, -0.2) is 9.98 Å². The van der Waals surface area contributed by atoms with E-state index in [0.29, 0.717) is 19.0 Å². The summed E-state index contributed by atoms with van der Waals surface area (Å²) >= 11 is 0. The summed E-state index contributed by atoms with van der Waals surface area (Å²) in [5, 5.41) is 6.81. The summed E-state index contributed by atoms with van der Waals surface area (Å²) in [6.45, 7) is 15.0. The van der Waals surface area contributed by atoms with Crippen LogP contribution in [0.4, 0.5) is 0 Å². The van der Waals surface area contributed by atoms with Crippen molar-refractivity contribution in [3.05, 3.63) is 23.9 Å². The molecule has 0 aliphatic carbocycles. The maximum Gasteiger partial charge on any atom is 0.218 e. The molecule has 1 aromatic rings. The predicted octanol–water partition coefficient (Wildman–Crippen LogP) is 2.65. The van der Waals surface area contributed by atoms with Crippen LogP contribution in [0.2, 0.25) is 0 Å². The van der Waals surface area contributed by atoms with Crippen LogP contribution >= 0.6 is 24.0 Å². The lowest BCUT2D eigenvalue weighted by Crippen LogP contribution is -2.56. The number of pyridine rings is 1. The van der Waals surface area contributed by atoms with E-state index in [2.05, 4.69) is 48.2 Å². The van der Waals surface area contributed by atoms with Crippen molar-refractivity contribution < 1.29 is 9.47 Å². The maximum atomic E-state index is 5.73. The first kappa shape index (κ1) is 24.9. The fourth-order valence-electron chi connectivity index (χ4n) is 2.96. The van der Waals surface area contributed by atoms with Gasteiger partial charge in [-0.1, -0.05) is 13.0 Å². The smallest absolute Gasteiger partial charge is 0.218 e. The number of hydrogen-bond donors (Lipinski definition) is 2. The van der Waals surface area contributed by atoms with Gasteiger partial charge in [0.2, 0.25) is 5.88 Å². The summed E-state index contributed by atoms with van der Waals surface area (Å²) in [5.74, 6) is 1.48. The number of ether oxygens (including phenoxy) is 2. The number of nitrogens with zero attached hydrogens (tertiary/aromatic N) is 3. The van der Waals surface area contributed by atoms with Crippen LogP contribution in [0.1, 0.15) is 39.7 Å². The van der Waals surface area contributed by atoms with Crippen LogP contribution in [-0.2, 0) is 11.3 Å². The quantitative estimate of drug-likeness (QED) is 0.306. The third-order valence-electron chi connectivity index (χ3n) is 4.60. The summed E-state index contributed by atoms with van der Waals surface area (Å²) in [5.41, 5.74) is 1.03. The van der Waals surface area contributed by atoms with E-state index in [9.17, 15) is 0 Å². The topological polar surface area (TPSA) is 71.0 Å². The van der Waals surface area contributed by atoms with Crippen molar-refractivity contribution in [1.29, 1.82) is 0 Å². The average Bonchev–Trinajstić information content (AvgIpc) is 2.70. The van der Waals surface area contributed by atoms with E-state index in [1.54, 1.807) is 6.20 Å². The largest absolute Gasteiger partial charge is 0.477 e. The molecule has 0 bridgehead atoms. The second-order valence-electron chi connectivity index (χ2n) is 7.28. The van der Waals surface area contributed by atoms with E-state index >= 15 is 0 Å². The van der Waals surface area contributed by atoms with Crippen LogP contribution in [0.25, 0.3) is 0 Å². The molecule has 28 heavy (non-hydrogen) atoms. The summed E-state index contributed by atoms with van der Waals surface area (Å²) < 4.78 is 11.2. The van der Waals surface area contributed by atoms with E-state index in [1.807, 2.05) is 12.1 Å². The highest BCUT2D eigenvalue weighted by Gasteiger charge is 2.28. The maximum absolute atomic E-state index is 5.73. The first-order valence-electron chi connectivity index (χ1n) is 9.98. The lowest BCUT2D eigenvalue weighted by Gasteiger charge is -2.41. The van der Waals surface area contributed by atoms with Gasteiger partial charge in [0.15, 0.2) is 5.96 Å². The molecule has 1 fully saturated rings. The number of halogens is 1. The number of aliphatic imine (C=N–C) groups is 1. The van der Waals surface area contributed by atoms with Gasteiger partial charge >= 0.3 is 0 Å². The summed E-state index contributed by atoms with van der Waals surface area (Å²) in [4.78, 5) is 11.5. The highest BCUT2D eigenvalue weighted by molar-refractivity contribution is 14.0. The standard InChI is InChI=1S/C20H35N5O2.HI/c1-5-12-27-18-17(8-7-9-22-18)15-23-19(21-6-2)24-16-20(3,4)25-10-13-26-14-11-25;/h7-9H,5-6,10-16H2,1-4H3,(H2,21,23,24);1H. The Bertz CT molecular complexity index is 592. The minimum absolute atomic E-state index is 0. The monoisotopic (exact) mass is 505 g/mol. The number of nitrogens with one attached hydrogen (secondary N) is 2. The SMILES string of the molecule is CCCOc1ncccc1CN=C(NCC)NCC(C)(C)N1CCOCC1.I. The van der Waals surface area contributed by atoms with Gasteiger partial charge < -0.3 is 20.1 Å².